The number of nitrogens with one attached hydrogen (secondary N) is 2. The Labute approximate surface area is 119 Å². The number of rotatable bonds is 3. The summed E-state index contributed by atoms with van der Waals surface area (Å²) in [7, 11) is -3.74. The number of primary sulfonamides is 1. The molecule has 1 aromatic carbocycles. The van der Waals surface area contributed by atoms with Crippen molar-refractivity contribution in [3.05, 3.63) is 22.7 Å². The minimum atomic E-state index is -3.74. The molecular weight excluding hydrogens is 334 g/mol. The van der Waals surface area contributed by atoms with E-state index in [4.69, 9.17) is 5.14 Å². The van der Waals surface area contributed by atoms with Gasteiger partial charge in [0.25, 0.3) is 0 Å². The van der Waals surface area contributed by atoms with Crippen LogP contribution in [0.3, 0.4) is 0 Å². The van der Waals surface area contributed by atoms with Crippen molar-refractivity contribution in [2.75, 3.05) is 18.4 Å². The normalized spacial score (nSPS) is 19.4. The van der Waals surface area contributed by atoms with Gasteiger partial charge in [-0.25, -0.2) is 13.6 Å². The Morgan fingerprint density at radius 2 is 2.21 bits per heavy atom. The van der Waals surface area contributed by atoms with Crippen LogP contribution in [0.15, 0.2) is 27.6 Å². The highest BCUT2D eigenvalue weighted by molar-refractivity contribution is 9.10. The Bertz CT molecular complexity index is 597. The van der Waals surface area contributed by atoms with E-state index in [1.807, 2.05) is 0 Å². The fourth-order valence-electron chi connectivity index (χ4n) is 1.89. The fraction of sp³-hybridized carbons (Fsp3) is 0.364. The van der Waals surface area contributed by atoms with Gasteiger partial charge in [-0.05, 0) is 47.1 Å². The number of sulfonamides is 1. The smallest absolute Gasteiger partial charge is 0.238 e. The molecule has 1 aliphatic heterocycles. The first-order chi connectivity index (χ1) is 8.88. The van der Waals surface area contributed by atoms with E-state index >= 15 is 0 Å². The molecule has 1 fully saturated rings. The zero-order chi connectivity index (χ0) is 14.0. The van der Waals surface area contributed by atoms with Crippen molar-refractivity contribution in [2.24, 2.45) is 11.1 Å². The molecule has 0 bridgehead atoms. The predicted molar refractivity (Wildman–Crippen MR) is 75.1 cm³/mol. The molecule has 1 saturated heterocycles. The highest BCUT2D eigenvalue weighted by Crippen LogP contribution is 2.26. The van der Waals surface area contributed by atoms with Gasteiger partial charge in [-0.15, -0.1) is 0 Å². The van der Waals surface area contributed by atoms with E-state index in [0.717, 1.165) is 13.0 Å². The van der Waals surface area contributed by atoms with Crippen molar-refractivity contribution >= 4 is 37.5 Å². The maximum atomic E-state index is 11.9. The summed E-state index contributed by atoms with van der Waals surface area (Å²) in [6.07, 6.45) is 0.804. The largest absolute Gasteiger partial charge is 0.325 e. The van der Waals surface area contributed by atoms with E-state index < -0.39 is 10.0 Å². The van der Waals surface area contributed by atoms with Gasteiger partial charge in [-0.3, -0.25) is 4.79 Å². The monoisotopic (exact) mass is 347 g/mol. The summed E-state index contributed by atoms with van der Waals surface area (Å²) in [4.78, 5) is 11.9. The molecule has 8 heteroatoms. The Morgan fingerprint density at radius 1 is 1.47 bits per heavy atom. The maximum absolute atomic E-state index is 11.9. The van der Waals surface area contributed by atoms with E-state index in [-0.39, 0.29) is 16.7 Å². The molecule has 0 saturated carbocycles. The highest BCUT2D eigenvalue weighted by atomic mass is 79.9. The molecule has 1 heterocycles. The number of carbonyl (C=O) groups excluding carboxylic acids is 1. The summed E-state index contributed by atoms with van der Waals surface area (Å²) >= 11 is 3.23. The van der Waals surface area contributed by atoms with Crippen LogP contribution in [0.1, 0.15) is 6.42 Å². The SMILES string of the molecule is NS(=O)(=O)c1ccc(NC(=O)C2CCNC2)c(Br)c1. The van der Waals surface area contributed by atoms with Crippen LogP contribution in [0.2, 0.25) is 0 Å². The van der Waals surface area contributed by atoms with Crippen LogP contribution in [-0.4, -0.2) is 27.4 Å². The number of hydrogen-bond acceptors (Lipinski definition) is 4. The molecule has 1 aromatic rings. The van der Waals surface area contributed by atoms with Crippen molar-refractivity contribution in [1.82, 2.24) is 5.32 Å². The van der Waals surface area contributed by atoms with Gasteiger partial charge in [0.05, 0.1) is 16.5 Å². The summed E-state index contributed by atoms with van der Waals surface area (Å²) in [5.74, 6) is -0.126. The van der Waals surface area contributed by atoms with Crippen molar-refractivity contribution in [1.29, 1.82) is 0 Å². The van der Waals surface area contributed by atoms with Gasteiger partial charge in [-0.1, -0.05) is 0 Å². The molecule has 4 N–H and O–H groups in total. The lowest BCUT2D eigenvalue weighted by atomic mass is 10.1. The lowest BCUT2D eigenvalue weighted by Crippen LogP contribution is -2.24. The van der Waals surface area contributed by atoms with Crippen LogP contribution in [0.25, 0.3) is 0 Å². The number of anilines is 1. The molecule has 19 heavy (non-hydrogen) atoms. The second-order valence-corrected chi connectivity index (χ2v) is 6.78. The van der Waals surface area contributed by atoms with E-state index in [1.165, 1.54) is 18.2 Å². The van der Waals surface area contributed by atoms with E-state index in [1.54, 1.807) is 0 Å². The van der Waals surface area contributed by atoms with Crippen LogP contribution < -0.4 is 15.8 Å². The number of benzene rings is 1. The summed E-state index contributed by atoms with van der Waals surface area (Å²) < 4.78 is 22.9. The van der Waals surface area contributed by atoms with Gasteiger partial charge in [0, 0.05) is 11.0 Å². The maximum Gasteiger partial charge on any atom is 0.238 e. The van der Waals surface area contributed by atoms with Crippen LogP contribution in [-0.2, 0) is 14.8 Å². The number of hydrogen-bond donors (Lipinski definition) is 3. The molecule has 1 amide bonds. The Balaban J connectivity index is 2.15. The molecule has 1 unspecified atom stereocenters. The first-order valence-corrected chi connectivity index (χ1v) is 8.06. The van der Waals surface area contributed by atoms with E-state index in [0.29, 0.717) is 16.7 Å². The second-order valence-electron chi connectivity index (χ2n) is 4.37. The summed E-state index contributed by atoms with van der Waals surface area (Å²) in [6.45, 7) is 1.50. The van der Waals surface area contributed by atoms with Crippen LogP contribution in [0.4, 0.5) is 5.69 Å². The molecule has 0 aliphatic carbocycles. The fourth-order valence-corrected chi connectivity index (χ4v) is 3.06. The minimum Gasteiger partial charge on any atom is -0.325 e. The van der Waals surface area contributed by atoms with Gasteiger partial charge in [0.1, 0.15) is 0 Å². The third-order valence-electron chi connectivity index (χ3n) is 2.96. The number of halogens is 1. The molecule has 0 aromatic heterocycles. The van der Waals surface area contributed by atoms with Crippen molar-refractivity contribution in [3.8, 4) is 0 Å². The highest BCUT2D eigenvalue weighted by Gasteiger charge is 2.23. The third kappa shape index (κ3) is 3.53. The molecule has 1 atom stereocenters. The van der Waals surface area contributed by atoms with Crippen LogP contribution in [0.5, 0.6) is 0 Å². The van der Waals surface area contributed by atoms with Crippen molar-refractivity contribution in [3.63, 3.8) is 0 Å². The van der Waals surface area contributed by atoms with Gasteiger partial charge >= 0.3 is 0 Å². The Morgan fingerprint density at radius 3 is 2.74 bits per heavy atom. The summed E-state index contributed by atoms with van der Waals surface area (Å²) in [5, 5.41) is 10.9. The average molecular weight is 348 g/mol. The molecule has 104 valence electrons. The topological polar surface area (TPSA) is 101 Å². The van der Waals surface area contributed by atoms with Crippen molar-refractivity contribution in [2.45, 2.75) is 11.3 Å². The number of amides is 1. The molecule has 1 aliphatic rings. The van der Waals surface area contributed by atoms with E-state index in [2.05, 4.69) is 26.6 Å². The van der Waals surface area contributed by atoms with Gasteiger partial charge in [0.15, 0.2) is 0 Å². The lowest BCUT2D eigenvalue weighted by Gasteiger charge is -2.12. The van der Waals surface area contributed by atoms with Crippen LogP contribution >= 0.6 is 15.9 Å². The van der Waals surface area contributed by atoms with Gasteiger partial charge in [-0.2, -0.15) is 0 Å². The quantitative estimate of drug-likeness (QED) is 0.746. The van der Waals surface area contributed by atoms with Crippen LogP contribution in [0, 0.1) is 5.92 Å². The molecule has 2 rings (SSSR count). The van der Waals surface area contributed by atoms with Crippen molar-refractivity contribution < 1.29 is 13.2 Å². The van der Waals surface area contributed by atoms with E-state index in [9.17, 15) is 13.2 Å². The Kier molecular flexibility index (Phi) is 4.24. The number of carbonyl (C=O) groups is 1. The van der Waals surface area contributed by atoms with Gasteiger partial charge in [0.2, 0.25) is 15.9 Å². The average Bonchev–Trinajstić information content (AvgIpc) is 2.84. The molecule has 6 nitrogen and oxygen atoms in total. The standard InChI is InChI=1S/C11H14BrN3O3S/c12-9-5-8(19(13,17)18)1-2-10(9)15-11(16)7-3-4-14-6-7/h1-2,5,7,14H,3-4,6H2,(H,15,16)(H2,13,17,18). The third-order valence-corrected chi connectivity index (χ3v) is 4.53. The Hall–Kier alpha value is -0.960. The first-order valence-electron chi connectivity index (χ1n) is 5.72. The lowest BCUT2D eigenvalue weighted by molar-refractivity contribution is -0.119. The second kappa shape index (κ2) is 5.58. The van der Waals surface area contributed by atoms with Gasteiger partial charge < -0.3 is 10.6 Å². The molecular formula is C11H14BrN3O3S. The zero-order valence-electron chi connectivity index (χ0n) is 10.0. The first kappa shape index (κ1) is 14.4. The zero-order valence-corrected chi connectivity index (χ0v) is 12.4. The summed E-state index contributed by atoms with van der Waals surface area (Å²) in [5.41, 5.74) is 0.532. The minimum absolute atomic E-state index is 0.0000861. The molecule has 0 spiro atoms. The molecule has 0 radical (unpaired) electrons. The summed E-state index contributed by atoms with van der Waals surface area (Å²) in [6, 6.07) is 4.25. The number of nitrogens with two attached hydrogens (primary N) is 1. The predicted octanol–water partition coefficient (Wildman–Crippen LogP) is 0.645.